The number of nitrogens with zero attached hydrogens (tertiary/aromatic N) is 1. The second-order valence-electron chi connectivity index (χ2n) is 11.4. The van der Waals surface area contributed by atoms with Crippen molar-refractivity contribution in [2.24, 2.45) is 0 Å². The summed E-state index contributed by atoms with van der Waals surface area (Å²) < 4.78 is 0. The second-order valence-corrected chi connectivity index (χ2v) is 11.4. The topological polar surface area (TPSA) is 3.24 Å². The summed E-state index contributed by atoms with van der Waals surface area (Å²) in [5, 5.41) is 5.11. The lowest BCUT2D eigenvalue weighted by molar-refractivity contribution is 1.28. The monoisotopic (exact) mass is 573 g/mol. The zero-order valence-electron chi connectivity index (χ0n) is 24.8. The van der Waals surface area contributed by atoms with Crippen molar-refractivity contribution in [1.29, 1.82) is 0 Å². The minimum absolute atomic E-state index is 1.13. The lowest BCUT2D eigenvalue weighted by Gasteiger charge is -2.25. The summed E-state index contributed by atoms with van der Waals surface area (Å²) in [7, 11) is 0. The molecule has 45 heavy (non-hydrogen) atoms. The molecular weight excluding hydrogens is 542 g/mol. The van der Waals surface area contributed by atoms with Gasteiger partial charge in [-0.3, -0.25) is 0 Å². The van der Waals surface area contributed by atoms with Crippen LogP contribution in [0.25, 0.3) is 54.9 Å². The number of hydrogen-bond donors (Lipinski definition) is 0. The van der Waals surface area contributed by atoms with E-state index < -0.39 is 0 Å². The molecule has 8 aromatic carbocycles. The molecule has 0 atom stereocenters. The first-order valence-electron chi connectivity index (χ1n) is 15.4. The van der Waals surface area contributed by atoms with Gasteiger partial charge in [-0.15, -0.1) is 0 Å². The van der Waals surface area contributed by atoms with Crippen LogP contribution in [0, 0.1) is 0 Å². The fraction of sp³-hybridized carbons (Fsp3) is 0. The molecule has 0 saturated heterocycles. The predicted octanol–water partition coefficient (Wildman–Crippen LogP) is 12.5. The van der Waals surface area contributed by atoms with Crippen molar-refractivity contribution in [2.75, 3.05) is 4.90 Å². The van der Waals surface area contributed by atoms with Crippen LogP contribution in [0.4, 0.5) is 17.1 Å². The molecule has 0 saturated carbocycles. The van der Waals surface area contributed by atoms with Crippen molar-refractivity contribution < 1.29 is 0 Å². The minimum Gasteiger partial charge on any atom is -0.311 e. The molecule has 0 aliphatic heterocycles. The summed E-state index contributed by atoms with van der Waals surface area (Å²) in [6.45, 7) is 0. The van der Waals surface area contributed by atoms with Crippen molar-refractivity contribution in [2.45, 2.75) is 0 Å². The van der Waals surface area contributed by atoms with Gasteiger partial charge < -0.3 is 4.90 Å². The standard InChI is InChI=1S/C44H31N/c1-3-13-39(14-4-1)45(40-15-5-2-6-16-40)41-29-27-35(28-30-41)33-21-19-32(20-22-33)34-23-25-36(26-24-34)44-42-17-9-7-11-37(42)31-38-12-8-10-18-43(38)44/h1-31H. The fourth-order valence-corrected chi connectivity index (χ4v) is 6.41. The van der Waals surface area contributed by atoms with E-state index in [9.17, 15) is 0 Å². The predicted molar refractivity (Wildman–Crippen MR) is 192 cm³/mol. The first kappa shape index (κ1) is 26.7. The summed E-state index contributed by atoms with van der Waals surface area (Å²) in [6.07, 6.45) is 0. The summed E-state index contributed by atoms with van der Waals surface area (Å²) in [4.78, 5) is 2.29. The van der Waals surface area contributed by atoms with Gasteiger partial charge in [-0.2, -0.15) is 0 Å². The highest BCUT2D eigenvalue weighted by atomic mass is 15.1. The third-order valence-corrected chi connectivity index (χ3v) is 8.65. The number of benzene rings is 8. The van der Waals surface area contributed by atoms with Crippen molar-refractivity contribution in [3.8, 4) is 33.4 Å². The molecule has 0 spiro atoms. The lowest BCUT2D eigenvalue weighted by Crippen LogP contribution is -2.09. The van der Waals surface area contributed by atoms with E-state index in [-0.39, 0.29) is 0 Å². The minimum atomic E-state index is 1.13. The normalized spacial score (nSPS) is 11.1. The molecule has 0 heterocycles. The van der Waals surface area contributed by atoms with Crippen LogP contribution in [0.5, 0.6) is 0 Å². The van der Waals surface area contributed by atoms with Crippen LogP contribution < -0.4 is 4.90 Å². The first-order valence-corrected chi connectivity index (χ1v) is 15.4. The molecule has 0 aliphatic carbocycles. The van der Waals surface area contributed by atoms with Crippen LogP contribution in [0.1, 0.15) is 0 Å². The van der Waals surface area contributed by atoms with Gasteiger partial charge in [0.15, 0.2) is 0 Å². The van der Waals surface area contributed by atoms with Gasteiger partial charge in [-0.1, -0.05) is 146 Å². The largest absolute Gasteiger partial charge is 0.311 e. The van der Waals surface area contributed by atoms with Crippen molar-refractivity contribution in [1.82, 2.24) is 0 Å². The molecule has 0 fully saturated rings. The van der Waals surface area contributed by atoms with Gasteiger partial charge in [0.2, 0.25) is 0 Å². The summed E-state index contributed by atoms with van der Waals surface area (Å²) in [5.74, 6) is 0. The molecule has 0 radical (unpaired) electrons. The number of fused-ring (bicyclic) bond motifs is 2. The first-order chi connectivity index (χ1) is 22.3. The fourth-order valence-electron chi connectivity index (χ4n) is 6.41. The molecule has 1 heteroatoms. The zero-order valence-corrected chi connectivity index (χ0v) is 24.8. The van der Waals surface area contributed by atoms with E-state index in [0.717, 1.165) is 17.1 Å². The van der Waals surface area contributed by atoms with E-state index in [0.29, 0.717) is 0 Å². The highest BCUT2D eigenvalue weighted by molar-refractivity contribution is 6.12. The Morgan fingerprint density at radius 2 is 0.600 bits per heavy atom. The Balaban J connectivity index is 1.07. The molecule has 0 amide bonds. The SMILES string of the molecule is c1ccc(N(c2ccccc2)c2ccc(-c3ccc(-c4ccc(-c5c6ccccc6cc6ccccc56)cc4)cc3)cc2)cc1. The third kappa shape index (κ3) is 5.15. The number of rotatable bonds is 6. The highest BCUT2D eigenvalue weighted by Crippen LogP contribution is 2.38. The molecule has 0 bridgehead atoms. The maximum absolute atomic E-state index is 2.29. The molecule has 0 unspecified atom stereocenters. The number of anilines is 3. The van der Waals surface area contributed by atoms with Gasteiger partial charge in [-0.05, 0) is 97.4 Å². The van der Waals surface area contributed by atoms with Crippen LogP contribution in [-0.2, 0) is 0 Å². The average Bonchev–Trinajstić information content (AvgIpc) is 3.12. The molecule has 8 rings (SSSR count). The van der Waals surface area contributed by atoms with E-state index >= 15 is 0 Å². The smallest absolute Gasteiger partial charge is 0.0462 e. The molecule has 0 N–H and O–H groups in total. The van der Waals surface area contributed by atoms with Crippen LogP contribution in [-0.4, -0.2) is 0 Å². The van der Waals surface area contributed by atoms with E-state index in [1.807, 2.05) is 0 Å². The highest BCUT2D eigenvalue weighted by Gasteiger charge is 2.13. The molecule has 8 aromatic rings. The van der Waals surface area contributed by atoms with Crippen LogP contribution >= 0.6 is 0 Å². The molecular formula is C44H31N. The lowest BCUT2D eigenvalue weighted by atomic mass is 9.91. The average molecular weight is 574 g/mol. The molecule has 0 aromatic heterocycles. The number of hydrogen-bond acceptors (Lipinski definition) is 1. The zero-order chi connectivity index (χ0) is 30.0. The Hall–Kier alpha value is -5.92. The Kier molecular flexibility index (Phi) is 6.90. The van der Waals surface area contributed by atoms with Gasteiger partial charge >= 0.3 is 0 Å². The second kappa shape index (κ2) is 11.6. The summed E-state index contributed by atoms with van der Waals surface area (Å²) >= 11 is 0. The quantitative estimate of drug-likeness (QED) is 0.179. The van der Waals surface area contributed by atoms with Gasteiger partial charge in [-0.25, -0.2) is 0 Å². The molecule has 1 nitrogen and oxygen atoms in total. The Morgan fingerprint density at radius 1 is 0.267 bits per heavy atom. The van der Waals surface area contributed by atoms with E-state index in [1.165, 1.54) is 54.9 Å². The Morgan fingerprint density at radius 3 is 1.04 bits per heavy atom. The van der Waals surface area contributed by atoms with Gasteiger partial charge in [0, 0.05) is 17.1 Å². The third-order valence-electron chi connectivity index (χ3n) is 8.65. The Bertz CT molecular complexity index is 2120. The van der Waals surface area contributed by atoms with Crippen molar-refractivity contribution >= 4 is 38.6 Å². The van der Waals surface area contributed by atoms with Crippen LogP contribution in [0.2, 0.25) is 0 Å². The number of para-hydroxylation sites is 2. The van der Waals surface area contributed by atoms with E-state index in [1.54, 1.807) is 0 Å². The summed E-state index contributed by atoms with van der Waals surface area (Å²) in [6, 6.07) is 67.5. The van der Waals surface area contributed by atoms with Gasteiger partial charge in [0.25, 0.3) is 0 Å². The maximum atomic E-state index is 2.29. The van der Waals surface area contributed by atoms with E-state index in [2.05, 4.69) is 193 Å². The van der Waals surface area contributed by atoms with Crippen molar-refractivity contribution in [3.63, 3.8) is 0 Å². The van der Waals surface area contributed by atoms with Gasteiger partial charge in [0.1, 0.15) is 0 Å². The van der Waals surface area contributed by atoms with Crippen LogP contribution in [0.3, 0.4) is 0 Å². The van der Waals surface area contributed by atoms with Gasteiger partial charge in [0.05, 0.1) is 0 Å². The Labute approximate surface area is 264 Å². The molecule has 0 aliphatic rings. The van der Waals surface area contributed by atoms with Crippen LogP contribution in [0.15, 0.2) is 188 Å². The summed E-state index contributed by atoms with van der Waals surface area (Å²) in [5.41, 5.74) is 10.8. The molecule has 212 valence electrons. The van der Waals surface area contributed by atoms with E-state index in [4.69, 9.17) is 0 Å². The van der Waals surface area contributed by atoms with Crippen molar-refractivity contribution in [3.05, 3.63) is 188 Å². The maximum Gasteiger partial charge on any atom is 0.0462 e.